The van der Waals surface area contributed by atoms with E-state index in [1.807, 2.05) is 13.0 Å². The summed E-state index contributed by atoms with van der Waals surface area (Å²) < 4.78 is 44.5. The van der Waals surface area contributed by atoms with E-state index in [1.54, 1.807) is 28.7 Å². The number of thiazole rings is 1. The number of aromatic nitrogens is 2. The van der Waals surface area contributed by atoms with Crippen LogP contribution in [0.3, 0.4) is 0 Å². The van der Waals surface area contributed by atoms with Crippen LogP contribution in [0, 0.1) is 6.92 Å². The van der Waals surface area contributed by atoms with Gasteiger partial charge in [-0.2, -0.15) is 13.2 Å². The van der Waals surface area contributed by atoms with Crippen molar-refractivity contribution < 1.29 is 22.7 Å². The number of pyridine rings is 1. The van der Waals surface area contributed by atoms with Gasteiger partial charge in [0.25, 0.3) is 5.91 Å². The quantitative estimate of drug-likeness (QED) is 0.583. The summed E-state index contributed by atoms with van der Waals surface area (Å²) in [5.74, 6) is -0.0607. The molecule has 1 unspecified atom stereocenters. The highest BCUT2D eigenvalue weighted by atomic mass is 32.1. The predicted molar refractivity (Wildman–Crippen MR) is 110 cm³/mol. The van der Waals surface area contributed by atoms with Gasteiger partial charge in [-0.05, 0) is 36.6 Å². The summed E-state index contributed by atoms with van der Waals surface area (Å²) in [6, 6.07) is 8.93. The monoisotopic (exact) mass is 447 g/mol. The fraction of sp³-hybridized carbons (Fsp3) is 0.318. The lowest BCUT2D eigenvalue weighted by Crippen LogP contribution is -2.42. The molecule has 3 aromatic rings. The predicted octanol–water partition coefficient (Wildman–Crippen LogP) is 4.67. The van der Waals surface area contributed by atoms with E-state index in [0.29, 0.717) is 42.3 Å². The van der Waals surface area contributed by atoms with Crippen molar-refractivity contribution in [2.45, 2.75) is 25.6 Å². The number of nitrogens with zero attached hydrogens (tertiary/aromatic N) is 3. The summed E-state index contributed by atoms with van der Waals surface area (Å²) in [5, 5.41) is 0. The molecule has 5 nitrogen and oxygen atoms in total. The summed E-state index contributed by atoms with van der Waals surface area (Å²) in [7, 11) is 0. The first-order valence-corrected chi connectivity index (χ1v) is 10.6. The minimum atomic E-state index is -4.36. The van der Waals surface area contributed by atoms with Crippen molar-refractivity contribution in [1.82, 2.24) is 14.9 Å². The Morgan fingerprint density at radius 1 is 1.23 bits per heavy atom. The highest BCUT2D eigenvalue weighted by Gasteiger charge is 2.30. The number of halogens is 3. The second-order valence-electron chi connectivity index (χ2n) is 7.34. The van der Waals surface area contributed by atoms with Gasteiger partial charge >= 0.3 is 6.18 Å². The number of benzene rings is 1. The molecule has 4 rings (SSSR count). The van der Waals surface area contributed by atoms with Gasteiger partial charge in [-0.1, -0.05) is 24.3 Å². The zero-order valence-corrected chi connectivity index (χ0v) is 17.5. The van der Waals surface area contributed by atoms with E-state index >= 15 is 0 Å². The Morgan fingerprint density at radius 2 is 2.06 bits per heavy atom. The second-order valence-corrected chi connectivity index (χ2v) is 8.20. The van der Waals surface area contributed by atoms with Crippen LogP contribution < -0.4 is 0 Å². The molecule has 1 fully saturated rings. The van der Waals surface area contributed by atoms with Crippen molar-refractivity contribution in [3.63, 3.8) is 0 Å². The van der Waals surface area contributed by atoms with Gasteiger partial charge < -0.3 is 9.64 Å². The standard InChI is InChI=1S/C22H20F3N3O2S/c1-14-20(31-13-27-14)21(29)28-7-8-30-19(12-28)18-6-5-16(11-26-18)9-15-3-2-4-17(10-15)22(23,24)25/h2-6,10-11,13,19H,7-9,12H2,1H3. The Bertz CT molecular complexity index is 1070. The van der Waals surface area contributed by atoms with Gasteiger partial charge in [0.05, 0.1) is 35.6 Å². The summed E-state index contributed by atoms with van der Waals surface area (Å²) >= 11 is 1.32. The zero-order chi connectivity index (χ0) is 22.0. The van der Waals surface area contributed by atoms with Gasteiger partial charge in [-0.25, -0.2) is 4.98 Å². The fourth-order valence-corrected chi connectivity index (χ4v) is 4.26. The molecule has 1 aliphatic heterocycles. The molecular formula is C22H20F3N3O2S. The summed E-state index contributed by atoms with van der Waals surface area (Å²) in [6.45, 7) is 3.10. The maximum Gasteiger partial charge on any atom is 0.416 e. The molecule has 1 saturated heterocycles. The minimum absolute atomic E-state index is 0.0607. The highest BCUT2D eigenvalue weighted by Crippen LogP contribution is 2.30. The number of aryl methyl sites for hydroxylation is 1. The maximum atomic E-state index is 12.9. The van der Waals surface area contributed by atoms with Gasteiger partial charge in [0.15, 0.2) is 0 Å². The topological polar surface area (TPSA) is 55.3 Å². The third-order valence-electron chi connectivity index (χ3n) is 5.13. The molecule has 1 aromatic carbocycles. The minimum Gasteiger partial charge on any atom is -0.368 e. The fourth-order valence-electron chi connectivity index (χ4n) is 3.49. The van der Waals surface area contributed by atoms with Crippen LogP contribution in [0.2, 0.25) is 0 Å². The van der Waals surface area contributed by atoms with Gasteiger partial charge in [0, 0.05) is 12.7 Å². The van der Waals surface area contributed by atoms with E-state index in [9.17, 15) is 18.0 Å². The van der Waals surface area contributed by atoms with Crippen LogP contribution in [0.4, 0.5) is 13.2 Å². The van der Waals surface area contributed by atoms with Crippen molar-refractivity contribution >= 4 is 17.2 Å². The number of ether oxygens (including phenoxy) is 1. The lowest BCUT2D eigenvalue weighted by Gasteiger charge is -2.32. The first kappa shape index (κ1) is 21.5. The molecule has 9 heteroatoms. The largest absolute Gasteiger partial charge is 0.416 e. The van der Waals surface area contributed by atoms with E-state index < -0.39 is 11.7 Å². The van der Waals surface area contributed by atoms with Gasteiger partial charge in [0.1, 0.15) is 11.0 Å². The molecule has 162 valence electrons. The zero-order valence-electron chi connectivity index (χ0n) is 16.7. The third kappa shape index (κ3) is 4.94. The van der Waals surface area contributed by atoms with E-state index in [1.165, 1.54) is 17.4 Å². The number of morpholine rings is 1. The van der Waals surface area contributed by atoms with Crippen LogP contribution in [0.1, 0.15) is 43.9 Å². The van der Waals surface area contributed by atoms with Gasteiger partial charge in [0.2, 0.25) is 0 Å². The number of hydrogen-bond donors (Lipinski definition) is 0. The molecule has 2 aromatic heterocycles. The maximum absolute atomic E-state index is 12.9. The Labute approximate surface area is 181 Å². The highest BCUT2D eigenvalue weighted by molar-refractivity contribution is 7.11. The number of carbonyl (C=O) groups is 1. The van der Waals surface area contributed by atoms with Crippen molar-refractivity contribution in [3.05, 3.63) is 81.1 Å². The average Bonchev–Trinajstić information content (AvgIpc) is 3.19. The Hall–Kier alpha value is -2.78. The summed E-state index contributed by atoms with van der Waals surface area (Å²) in [5.41, 5.74) is 3.76. The molecule has 0 radical (unpaired) electrons. The van der Waals surface area contributed by atoms with E-state index in [0.717, 1.165) is 23.4 Å². The third-order valence-corrected chi connectivity index (χ3v) is 6.05. The van der Waals surface area contributed by atoms with Crippen molar-refractivity contribution in [2.75, 3.05) is 19.7 Å². The first-order valence-electron chi connectivity index (χ1n) is 9.73. The lowest BCUT2D eigenvalue weighted by molar-refractivity contribution is -0.137. The Balaban J connectivity index is 1.43. The second kappa shape index (κ2) is 8.76. The number of rotatable bonds is 4. The lowest BCUT2D eigenvalue weighted by atomic mass is 10.0. The van der Waals surface area contributed by atoms with E-state index in [-0.39, 0.29) is 12.0 Å². The number of hydrogen-bond acceptors (Lipinski definition) is 5. The summed E-state index contributed by atoms with van der Waals surface area (Å²) in [4.78, 5) is 23.7. The van der Waals surface area contributed by atoms with Crippen LogP contribution in [0.5, 0.6) is 0 Å². The number of amides is 1. The molecule has 0 aliphatic carbocycles. The smallest absolute Gasteiger partial charge is 0.368 e. The molecule has 1 amide bonds. The number of carbonyl (C=O) groups excluding carboxylic acids is 1. The Morgan fingerprint density at radius 3 is 2.74 bits per heavy atom. The first-order chi connectivity index (χ1) is 14.8. The molecule has 31 heavy (non-hydrogen) atoms. The van der Waals surface area contributed by atoms with Crippen molar-refractivity contribution in [1.29, 1.82) is 0 Å². The van der Waals surface area contributed by atoms with Crippen LogP contribution in [0.15, 0.2) is 48.1 Å². The van der Waals surface area contributed by atoms with Crippen LogP contribution in [0.25, 0.3) is 0 Å². The average molecular weight is 447 g/mol. The van der Waals surface area contributed by atoms with Gasteiger partial charge in [-0.15, -0.1) is 11.3 Å². The molecule has 0 N–H and O–H groups in total. The molecule has 0 saturated carbocycles. The van der Waals surface area contributed by atoms with Crippen molar-refractivity contribution in [2.24, 2.45) is 0 Å². The molecule has 0 spiro atoms. The van der Waals surface area contributed by atoms with Gasteiger partial charge in [-0.3, -0.25) is 9.78 Å². The molecule has 1 atom stereocenters. The molecule has 3 heterocycles. The number of alkyl halides is 3. The molecular weight excluding hydrogens is 427 g/mol. The normalized spacial score (nSPS) is 17.0. The summed E-state index contributed by atoms with van der Waals surface area (Å²) in [6.07, 6.45) is -2.73. The van der Waals surface area contributed by atoms with Crippen LogP contribution >= 0.6 is 11.3 Å². The SMILES string of the molecule is Cc1ncsc1C(=O)N1CCOC(c2ccc(Cc3cccc(C(F)(F)F)c3)cn2)C1. The molecule has 0 bridgehead atoms. The van der Waals surface area contributed by atoms with Crippen LogP contribution in [-0.4, -0.2) is 40.5 Å². The Kier molecular flexibility index (Phi) is 6.06. The molecule has 1 aliphatic rings. The van der Waals surface area contributed by atoms with Crippen molar-refractivity contribution in [3.8, 4) is 0 Å². The van der Waals surface area contributed by atoms with E-state index in [4.69, 9.17) is 4.74 Å². The van der Waals surface area contributed by atoms with Crippen LogP contribution in [-0.2, 0) is 17.3 Å². The van der Waals surface area contributed by atoms with E-state index in [2.05, 4.69) is 9.97 Å².